The molecule has 2 aliphatic carbocycles. The molecule has 3 aliphatic rings. The molecule has 7 rings (SSSR count). The molecule has 6 heteroatoms. The third-order valence-corrected chi connectivity index (χ3v) is 8.44. The molecule has 0 radical (unpaired) electrons. The summed E-state index contributed by atoms with van der Waals surface area (Å²) in [6.45, 7) is 0. The van der Waals surface area contributed by atoms with Crippen LogP contribution in [-0.4, -0.2) is 30.2 Å². The standard InChI is InChI=1S/C33H19NO4S/c1-34-26-12-10-18(14-24-30(35)20-6-2-3-7-21(20)31(24)36)16-28(26)39-29-17-19(11-13-27(29)34)15-25-32(37)22-8-4-5-9-23(22)33(25)38/h2-17H,1H3. The first-order valence-corrected chi connectivity index (χ1v) is 13.2. The smallest absolute Gasteiger partial charge is 0.197 e. The fraction of sp³-hybridized carbons (Fsp3) is 0.0303. The van der Waals surface area contributed by atoms with Gasteiger partial charge in [0.25, 0.3) is 0 Å². The minimum atomic E-state index is -0.251. The van der Waals surface area contributed by atoms with Crippen molar-refractivity contribution in [3.63, 3.8) is 0 Å². The number of benzene rings is 4. The van der Waals surface area contributed by atoms with E-state index in [1.165, 1.54) is 0 Å². The van der Waals surface area contributed by atoms with Crippen molar-refractivity contribution in [2.75, 3.05) is 11.9 Å². The van der Waals surface area contributed by atoms with Crippen LogP contribution in [0.15, 0.2) is 106 Å². The van der Waals surface area contributed by atoms with Gasteiger partial charge in [0.05, 0.1) is 22.5 Å². The summed E-state index contributed by atoms with van der Waals surface area (Å²) in [6, 6.07) is 25.5. The van der Waals surface area contributed by atoms with Gasteiger partial charge in [-0.1, -0.05) is 72.4 Å². The Bertz CT molecular complexity index is 1670. The summed E-state index contributed by atoms with van der Waals surface area (Å²) in [4.78, 5) is 55.5. The summed E-state index contributed by atoms with van der Waals surface area (Å²) in [7, 11) is 1.98. The topological polar surface area (TPSA) is 71.5 Å². The van der Waals surface area contributed by atoms with Crippen LogP contribution in [0.2, 0.25) is 0 Å². The molecular weight excluding hydrogens is 506 g/mol. The molecule has 4 aromatic carbocycles. The highest BCUT2D eigenvalue weighted by atomic mass is 32.2. The van der Waals surface area contributed by atoms with Crippen LogP contribution in [0.1, 0.15) is 52.6 Å². The highest BCUT2D eigenvalue weighted by Gasteiger charge is 2.34. The number of hydrogen-bond acceptors (Lipinski definition) is 6. The number of hydrogen-bond donors (Lipinski definition) is 0. The van der Waals surface area contributed by atoms with Crippen LogP contribution in [0.5, 0.6) is 0 Å². The molecule has 39 heavy (non-hydrogen) atoms. The number of anilines is 2. The summed E-state index contributed by atoms with van der Waals surface area (Å²) < 4.78 is 0. The number of fused-ring (bicyclic) bond motifs is 4. The molecule has 0 N–H and O–H groups in total. The van der Waals surface area contributed by atoms with Gasteiger partial charge < -0.3 is 4.90 Å². The Balaban J connectivity index is 1.22. The molecule has 0 fully saturated rings. The summed E-state index contributed by atoms with van der Waals surface area (Å²) in [5, 5.41) is 0. The molecule has 1 heterocycles. The van der Waals surface area contributed by atoms with Crippen LogP contribution in [-0.2, 0) is 0 Å². The second kappa shape index (κ2) is 8.61. The highest BCUT2D eigenvalue weighted by molar-refractivity contribution is 7.99. The number of ketones is 4. The lowest BCUT2D eigenvalue weighted by Gasteiger charge is -2.30. The van der Waals surface area contributed by atoms with E-state index in [0.717, 1.165) is 32.3 Å². The molecule has 1 aliphatic heterocycles. The maximum atomic E-state index is 12.9. The van der Waals surface area contributed by atoms with E-state index >= 15 is 0 Å². The molecule has 0 aromatic heterocycles. The van der Waals surface area contributed by atoms with Crippen molar-refractivity contribution in [1.29, 1.82) is 0 Å². The summed E-state index contributed by atoms with van der Waals surface area (Å²) in [5.74, 6) is -1.00. The van der Waals surface area contributed by atoms with Crippen LogP contribution in [0.25, 0.3) is 12.2 Å². The second-order valence-corrected chi connectivity index (χ2v) is 10.7. The zero-order chi connectivity index (χ0) is 26.8. The first-order valence-electron chi connectivity index (χ1n) is 12.4. The maximum Gasteiger partial charge on any atom is 0.197 e. The molecule has 186 valence electrons. The van der Waals surface area contributed by atoms with Crippen molar-refractivity contribution in [1.82, 2.24) is 0 Å². The average molecular weight is 526 g/mol. The molecule has 0 bridgehead atoms. The van der Waals surface area contributed by atoms with Gasteiger partial charge >= 0.3 is 0 Å². The Labute approximate surface area is 228 Å². The van der Waals surface area contributed by atoms with Gasteiger partial charge in [-0.25, -0.2) is 0 Å². The van der Waals surface area contributed by atoms with E-state index in [4.69, 9.17) is 0 Å². The average Bonchev–Trinajstić information content (AvgIpc) is 3.34. The van der Waals surface area contributed by atoms with E-state index in [-0.39, 0.29) is 34.3 Å². The van der Waals surface area contributed by atoms with Crippen LogP contribution in [0.3, 0.4) is 0 Å². The van der Waals surface area contributed by atoms with Crippen LogP contribution in [0.4, 0.5) is 11.4 Å². The fourth-order valence-corrected chi connectivity index (χ4v) is 6.59. The molecule has 0 saturated carbocycles. The van der Waals surface area contributed by atoms with Gasteiger partial charge in [-0.3, -0.25) is 19.2 Å². The van der Waals surface area contributed by atoms with Gasteiger partial charge in [-0.15, -0.1) is 0 Å². The van der Waals surface area contributed by atoms with Gasteiger partial charge in [0.15, 0.2) is 23.1 Å². The first-order chi connectivity index (χ1) is 18.9. The van der Waals surface area contributed by atoms with E-state index in [9.17, 15) is 19.2 Å². The largest absolute Gasteiger partial charge is 0.343 e. The van der Waals surface area contributed by atoms with E-state index in [1.807, 2.05) is 43.4 Å². The number of allylic oxidation sites excluding steroid dienone is 2. The molecule has 0 atom stereocenters. The van der Waals surface area contributed by atoms with E-state index in [1.54, 1.807) is 72.4 Å². The molecule has 0 spiro atoms. The van der Waals surface area contributed by atoms with Crippen LogP contribution in [0, 0.1) is 0 Å². The van der Waals surface area contributed by atoms with Gasteiger partial charge in [0, 0.05) is 39.1 Å². The summed E-state index contributed by atoms with van der Waals surface area (Å²) >= 11 is 1.57. The maximum absolute atomic E-state index is 12.9. The van der Waals surface area contributed by atoms with E-state index in [0.29, 0.717) is 22.3 Å². The molecular formula is C33H19NO4S. The van der Waals surface area contributed by atoms with Crippen molar-refractivity contribution < 1.29 is 19.2 Å². The zero-order valence-electron chi connectivity index (χ0n) is 20.7. The number of rotatable bonds is 2. The van der Waals surface area contributed by atoms with Crippen molar-refractivity contribution in [3.8, 4) is 0 Å². The summed E-state index contributed by atoms with van der Waals surface area (Å²) in [6.07, 6.45) is 3.33. The molecule has 0 saturated heterocycles. The Kier molecular flexibility index (Phi) is 5.15. The predicted octanol–water partition coefficient (Wildman–Crippen LogP) is 6.84. The van der Waals surface area contributed by atoms with Gasteiger partial charge in [0.1, 0.15) is 0 Å². The minimum Gasteiger partial charge on any atom is -0.343 e. The van der Waals surface area contributed by atoms with Crippen LogP contribution < -0.4 is 4.90 Å². The van der Waals surface area contributed by atoms with Crippen molar-refractivity contribution >= 4 is 58.4 Å². The molecule has 0 amide bonds. The lowest BCUT2D eigenvalue weighted by atomic mass is 10.1. The van der Waals surface area contributed by atoms with Crippen molar-refractivity contribution in [2.45, 2.75) is 9.79 Å². The predicted molar refractivity (Wildman–Crippen MR) is 151 cm³/mol. The van der Waals surface area contributed by atoms with E-state index < -0.39 is 0 Å². The van der Waals surface area contributed by atoms with Crippen LogP contribution >= 0.6 is 11.8 Å². The SMILES string of the molecule is CN1c2ccc(C=C3C(=O)c4ccccc4C3=O)cc2Sc2cc(C=C3C(=O)c4ccccc4C3=O)ccc21. The second-order valence-electron chi connectivity index (χ2n) is 9.64. The third-order valence-electron chi connectivity index (χ3n) is 7.34. The number of nitrogens with zero attached hydrogens (tertiary/aromatic N) is 1. The normalized spacial score (nSPS) is 15.3. The highest BCUT2D eigenvalue weighted by Crippen LogP contribution is 2.48. The Morgan fingerprint density at radius 1 is 0.538 bits per heavy atom. The molecule has 4 aromatic rings. The lowest BCUT2D eigenvalue weighted by Crippen LogP contribution is -2.14. The van der Waals surface area contributed by atoms with E-state index in [2.05, 4.69) is 4.90 Å². The quantitative estimate of drug-likeness (QED) is 0.211. The zero-order valence-corrected chi connectivity index (χ0v) is 21.5. The van der Waals surface area contributed by atoms with Gasteiger partial charge in [0.2, 0.25) is 0 Å². The Morgan fingerprint density at radius 2 is 0.897 bits per heavy atom. The van der Waals surface area contributed by atoms with Gasteiger partial charge in [-0.2, -0.15) is 0 Å². The fourth-order valence-electron chi connectivity index (χ4n) is 5.35. The third kappa shape index (κ3) is 3.56. The molecule has 5 nitrogen and oxygen atoms in total. The van der Waals surface area contributed by atoms with Crippen molar-refractivity contribution in [2.24, 2.45) is 0 Å². The number of carbonyl (C=O) groups is 4. The number of carbonyl (C=O) groups excluding carboxylic acids is 4. The Morgan fingerprint density at radius 3 is 1.26 bits per heavy atom. The molecule has 0 unspecified atom stereocenters. The number of Topliss-reactive ketones (excluding diaryl/α,β-unsaturated/α-hetero) is 4. The summed E-state index contributed by atoms with van der Waals surface area (Å²) in [5.41, 5.74) is 5.66. The van der Waals surface area contributed by atoms with Gasteiger partial charge in [-0.05, 0) is 47.5 Å². The van der Waals surface area contributed by atoms with Crippen molar-refractivity contribution in [3.05, 3.63) is 129 Å². The monoisotopic (exact) mass is 525 g/mol. The Hall–Kier alpha value is -4.81. The lowest BCUT2D eigenvalue weighted by molar-refractivity contribution is 0.0975. The first kappa shape index (κ1) is 23.3. The minimum absolute atomic E-state index is 0.173.